The van der Waals surface area contributed by atoms with E-state index in [1.807, 2.05) is 11.4 Å². The molecular formula is C24H22N2O6S. The second kappa shape index (κ2) is 9.83. The van der Waals surface area contributed by atoms with E-state index in [1.165, 1.54) is 54.2 Å². The largest absolute Gasteiger partial charge is 0.477 e. The lowest BCUT2D eigenvalue weighted by Crippen LogP contribution is -2.21. The number of anilines is 1. The monoisotopic (exact) mass is 466 g/mol. The molecule has 2 aromatic carbocycles. The highest BCUT2D eigenvalue weighted by molar-refractivity contribution is 7.15. The topological polar surface area (TPSA) is 108 Å². The fourth-order valence-corrected chi connectivity index (χ4v) is 4.88. The molecule has 0 unspecified atom stereocenters. The average Bonchev–Trinajstić information content (AvgIpc) is 3.25. The maximum Gasteiger partial charge on any atom is 0.341 e. The zero-order valence-electron chi connectivity index (χ0n) is 18.0. The molecule has 170 valence electrons. The number of nitrogens with zero attached hydrogens (tertiary/aromatic N) is 1. The third-order valence-electron chi connectivity index (χ3n) is 5.51. The number of nitro groups is 1. The maximum absolute atomic E-state index is 12.6. The number of carbonyl (C=O) groups is 2. The Hall–Kier alpha value is -3.72. The summed E-state index contributed by atoms with van der Waals surface area (Å²) in [6.07, 6.45) is 4.39. The van der Waals surface area contributed by atoms with Crippen LogP contribution in [0.5, 0.6) is 5.75 Å². The van der Waals surface area contributed by atoms with Crippen LogP contribution in [0.3, 0.4) is 0 Å². The highest BCUT2D eigenvalue weighted by Gasteiger charge is 2.24. The van der Waals surface area contributed by atoms with Crippen LogP contribution in [-0.4, -0.2) is 30.5 Å². The molecule has 1 amide bonds. The number of fused-ring (bicyclic) bond motifs is 1. The van der Waals surface area contributed by atoms with Gasteiger partial charge in [-0.25, -0.2) is 4.79 Å². The minimum Gasteiger partial charge on any atom is -0.477 e. The Labute approximate surface area is 194 Å². The number of aryl methyl sites for hydroxylation is 2. The predicted octanol–water partition coefficient (Wildman–Crippen LogP) is 5.01. The van der Waals surface area contributed by atoms with Crippen LogP contribution in [0.2, 0.25) is 0 Å². The molecule has 1 aliphatic rings. The Bertz CT molecular complexity index is 1220. The average molecular weight is 467 g/mol. The minimum atomic E-state index is -0.577. The molecule has 1 N–H and O–H groups in total. The normalized spacial score (nSPS) is 12.5. The van der Waals surface area contributed by atoms with Gasteiger partial charge in [-0.15, -0.1) is 11.3 Å². The van der Waals surface area contributed by atoms with Crippen LogP contribution < -0.4 is 10.1 Å². The molecular weight excluding hydrogens is 444 g/mol. The predicted molar refractivity (Wildman–Crippen MR) is 125 cm³/mol. The Morgan fingerprint density at radius 3 is 2.64 bits per heavy atom. The highest BCUT2D eigenvalue weighted by Crippen LogP contribution is 2.38. The zero-order chi connectivity index (χ0) is 23.4. The summed E-state index contributed by atoms with van der Waals surface area (Å²) in [7, 11) is 1.29. The molecule has 1 aromatic heterocycles. The van der Waals surface area contributed by atoms with E-state index in [-0.39, 0.29) is 17.0 Å². The summed E-state index contributed by atoms with van der Waals surface area (Å²) in [5.41, 5.74) is 4.24. The first-order chi connectivity index (χ1) is 16.0. The third-order valence-corrected chi connectivity index (χ3v) is 6.41. The van der Waals surface area contributed by atoms with Gasteiger partial charge in [0.2, 0.25) is 0 Å². The highest BCUT2D eigenvalue weighted by atomic mass is 32.1. The number of hydrogen-bond donors (Lipinski definition) is 1. The number of nitro benzene ring substituents is 1. The Morgan fingerprint density at radius 2 is 1.88 bits per heavy atom. The second-order valence-corrected chi connectivity index (χ2v) is 8.48. The van der Waals surface area contributed by atoms with Crippen molar-refractivity contribution in [1.82, 2.24) is 0 Å². The van der Waals surface area contributed by atoms with Gasteiger partial charge in [0.05, 0.1) is 12.0 Å². The van der Waals surface area contributed by atoms with Gasteiger partial charge in [0.1, 0.15) is 10.6 Å². The van der Waals surface area contributed by atoms with E-state index in [1.54, 1.807) is 6.07 Å². The van der Waals surface area contributed by atoms with E-state index in [2.05, 4.69) is 17.4 Å². The first-order valence-corrected chi connectivity index (χ1v) is 11.3. The van der Waals surface area contributed by atoms with Gasteiger partial charge in [-0.2, -0.15) is 0 Å². The van der Waals surface area contributed by atoms with Crippen molar-refractivity contribution in [1.29, 1.82) is 0 Å². The number of nitrogens with one attached hydrogen (secondary N) is 1. The van der Waals surface area contributed by atoms with Crippen molar-refractivity contribution in [2.75, 3.05) is 19.0 Å². The summed E-state index contributed by atoms with van der Waals surface area (Å²) in [4.78, 5) is 35.6. The summed E-state index contributed by atoms with van der Waals surface area (Å²) in [6, 6.07) is 12.0. The summed E-state index contributed by atoms with van der Waals surface area (Å²) >= 11 is 1.21. The van der Waals surface area contributed by atoms with Crippen molar-refractivity contribution in [2.24, 2.45) is 0 Å². The molecule has 0 fully saturated rings. The van der Waals surface area contributed by atoms with Crippen LogP contribution in [0.4, 0.5) is 10.7 Å². The molecule has 1 heterocycles. The molecule has 0 radical (unpaired) electrons. The van der Waals surface area contributed by atoms with E-state index in [0.717, 1.165) is 24.8 Å². The van der Waals surface area contributed by atoms with E-state index < -0.39 is 23.4 Å². The van der Waals surface area contributed by atoms with Crippen LogP contribution in [-0.2, 0) is 22.4 Å². The SMILES string of the molecule is COC(=O)c1c(-c2ccc3c(c2)CCCC3)csc1NC(=O)COc1ccccc1[N+](=O)[O-]. The van der Waals surface area contributed by atoms with Gasteiger partial charge in [-0.3, -0.25) is 14.9 Å². The first-order valence-electron chi connectivity index (χ1n) is 10.5. The molecule has 0 bridgehead atoms. The number of carbonyl (C=O) groups excluding carboxylic acids is 2. The number of ether oxygens (including phenoxy) is 2. The summed E-state index contributed by atoms with van der Waals surface area (Å²) < 4.78 is 10.3. The molecule has 8 nitrogen and oxygen atoms in total. The van der Waals surface area contributed by atoms with Crippen molar-refractivity contribution in [3.8, 4) is 16.9 Å². The van der Waals surface area contributed by atoms with Gasteiger partial charge in [0.15, 0.2) is 12.4 Å². The third kappa shape index (κ3) is 4.88. The van der Waals surface area contributed by atoms with Gasteiger partial charge in [0, 0.05) is 17.0 Å². The second-order valence-electron chi connectivity index (χ2n) is 7.60. The van der Waals surface area contributed by atoms with Crippen LogP contribution in [0.15, 0.2) is 47.8 Å². The van der Waals surface area contributed by atoms with Gasteiger partial charge >= 0.3 is 11.7 Å². The lowest BCUT2D eigenvalue weighted by molar-refractivity contribution is -0.385. The summed E-state index contributed by atoms with van der Waals surface area (Å²) in [5.74, 6) is -1.11. The first kappa shape index (κ1) is 22.5. The van der Waals surface area contributed by atoms with E-state index in [4.69, 9.17) is 9.47 Å². The Morgan fingerprint density at radius 1 is 1.12 bits per heavy atom. The van der Waals surface area contributed by atoms with Crippen molar-refractivity contribution < 1.29 is 24.0 Å². The molecule has 0 aliphatic heterocycles. The van der Waals surface area contributed by atoms with Crippen LogP contribution >= 0.6 is 11.3 Å². The number of benzene rings is 2. The Balaban J connectivity index is 1.55. The van der Waals surface area contributed by atoms with E-state index in [9.17, 15) is 19.7 Å². The van der Waals surface area contributed by atoms with Crippen LogP contribution in [0.25, 0.3) is 11.1 Å². The number of rotatable bonds is 7. The van der Waals surface area contributed by atoms with Crippen molar-refractivity contribution in [2.45, 2.75) is 25.7 Å². The van der Waals surface area contributed by atoms with E-state index >= 15 is 0 Å². The molecule has 9 heteroatoms. The lowest BCUT2D eigenvalue weighted by atomic mass is 9.89. The van der Waals surface area contributed by atoms with Gasteiger partial charge in [0.25, 0.3) is 5.91 Å². The van der Waals surface area contributed by atoms with E-state index in [0.29, 0.717) is 10.6 Å². The summed E-state index contributed by atoms with van der Waals surface area (Å²) in [5, 5.41) is 15.9. The molecule has 0 spiro atoms. The molecule has 0 saturated heterocycles. The number of thiophene rings is 1. The molecule has 1 aliphatic carbocycles. The van der Waals surface area contributed by atoms with Gasteiger partial charge in [-0.05, 0) is 48.4 Å². The Kier molecular flexibility index (Phi) is 6.69. The molecule has 0 saturated carbocycles. The lowest BCUT2D eigenvalue weighted by Gasteiger charge is -2.16. The number of hydrogen-bond acceptors (Lipinski definition) is 7. The minimum absolute atomic E-state index is 0.00762. The number of amides is 1. The number of para-hydroxylation sites is 2. The number of methoxy groups -OCH3 is 1. The van der Waals surface area contributed by atoms with Crippen molar-refractivity contribution in [3.05, 3.63) is 74.6 Å². The van der Waals surface area contributed by atoms with Gasteiger partial charge < -0.3 is 14.8 Å². The maximum atomic E-state index is 12.6. The fourth-order valence-electron chi connectivity index (χ4n) is 3.90. The quantitative estimate of drug-likeness (QED) is 0.298. The fraction of sp³-hybridized carbons (Fsp3) is 0.250. The van der Waals surface area contributed by atoms with Crippen molar-refractivity contribution in [3.63, 3.8) is 0 Å². The van der Waals surface area contributed by atoms with Crippen molar-refractivity contribution >= 4 is 33.9 Å². The smallest absolute Gasteiger partial charge is 0.341 e. The van der Waals surface area contributed by atoms with Gasteiger partial charge in [-0.1, -0.05) is 30.3 Å². The molecule has 3 aromatic rings. The van der Waals surface area contributed by atoms with Crippen LogP contribution in [0, 0.1) is 10.1 Å². The standard InChI is InChI=1S/C24H22N2O6S/c1-31-24(28)22-18(17-11-10-15-6-2-3-7-16(15)12-17)14-33-23(22)25-21(27)13-32-20-9-5-4-8-19(20)26(29)30/h4-5,8-12,14H,2-3,6-7,13H2,1H3,(H,25,27). The molecule has 4 rings (SSSR count). The zero-order valence-corrected chi connectivity index (χ0v) is 18.8. The summed E-state index contributed by atoms with van der Waals surface area (Å²) in [6.45, 7) is -0.447. The molecule has 0 atom stereocenters. The molecule has 33 heavy (non-hydrogen) atoms. The van der Waals surface area contributed by atoms with Crippen LogP contribution in [0.1, 0.15) is 34.3 Å². The number of esters is 1.